The standard InChI is InChI=1S/C7H13NO4.2C2H4.2Na/c1-8(2)4-3-5(6(9)10)7(11)12;2*1-2;;/h5H,3-4H2,1-2H3,(H,9,10)(H,11,12);2*1-2H2;;/q;;;2*+1/p-2. The molecule has 0 rings (SSSR count). The minimum Gasteiger partial charge on any atom is -0.549 e. The van der Waals surface area contributed by atoms with Gasteiger partial charge in [-0.2, -0.15) is 0 Å². The Morgan fingerprint density at radius 2 is 1.28 bits per heavy atom. The Labute approximate surface area is 154 Å². The third kappa shape index (κ3) is 21.6. The molecule has 0 aromatic rings. The molecular weight excluding hydrogens is 256 g/mol. The van der Waals surface area contributed by atoms with Crippen molar-refractivity contribution >= 4 is 11.9 Å². The van der Waals surface area contributed by atoms with Crippen molar-refractivity contribution in [2.45, 2.75) is 6.42 Å². The molecule has 0 aliphatic carbocycles. The quantitative estimate of drug-likeness (QED) is 0.283. The Hall–Kier alpha value is 0.380. The van der Waals surface area contributed by atoms with E-state index in [9.17, 15) is 19.8 Å². The molecule has 7 heteroatoms. The van der Waals surface area contributed by atoms with Crippen molar-refractivity contribution in [1.29, 1.82) is 0 Å². The molecule has 0 aliphatic heterocycles. The number of hydrogen-bond acceptors (Lipinski definition) is 5. The smallest absolute Gasteiger partial charge is 0.549 e. The van der Waals surface area contributed by atoms with E-state index in [2.05, 4.69) is 26.3 Å². The molecule has 0 radical (unpaired) electrons. The van der Waals surface area contributed by atoms with Gasteiger partial charge in [0.2, 0.25) is 0 Å². The van der Waals surface area contributed by atoms with E-state index in [1.807, 2.05) is 0 Å². The topological polar surface area (TPSA) is 83.5 Å². The Morgan fingerprint density at radius 1 is 1.00 bits per heavy atom. The molecule has 0 saturated heterocycles. The van der Waals surface area contributed by atoms with Crippen molar-refractivity contribution < 1.29 is 78.9 Å². The van der Waals surface area contributed by atoms with Gasteiger partial charge >= 0.3 is 59.1 Å². The maximum atomic E-state index is 10.2. The van der Waals surface area contributed by atoms with Crippen molar-refractivity contribution in [3.8, 4) is 0 Å². The van der Waals surface area contributed by atoms with E-state index >= 15 is 0 Å². The third-order valence-corrected chi connectivity index (χ3v) is 1.43. The summed E-state index contributed by atoms with van der Waals surface area (Å²) in [6.45, 7) is 12.4. The molecule has 0 spiro atoms. The summed E-state index contributed by atoms with van der Waals surface area (Å²) in [5.41, 5.74) is 0. The van der Waals surface area contributed by atoms with E-state index in [-0.39, 0.29) is 65.5 Å². The van der Waals surface area contributed by atoms with Gasteiger partial charge < -0.3 is 24.7 Å². The first-order chi connectivity index (χ1) is 7.45. The normalized spacial score (nSPS) is 7.56. The summed E-state index contributed by atoms with van der Waals surface area (Å²) < 4.78 is 0. The Balaban J connectivity index is -0.0000000849. The fourth-order valence-electron chi connectivity index (χ4n) is 0.719. The first kappa shape index (κ1) is 31.0. The molecule has 0 aromatic carbocycles. The average molecular weight is 275 g/mol. The second-order valence-electron chi connectivity index (χ2n) is 2.78. The first-order valence-electron chi connectivity index (χ1n) is 4.51. The first-order valence-corrected chi connectivity index (χ1v) is 4.51. The Kier molecular flexibility index (Phi) is 38.9. The predicted molar refractivity (Wildman–Crippen MR) is 59.2 cm³/mol. The summed E-state index contributed by atoms with van der Waals surface area (Å²) in [5, 5.41) is 20.4. The van der Waals surface area contributed by atoms with Gasteiger partial charge in [0.05, 0.1) is 11.9 Å². The molecule has 0 fully saturated rings. The van der Waals surface area contributed by atoms with Crippen LogP contribution in [0.15, 0.2) is 26.3 Å². The van der Waals surface area contributed by atoms with E-state index in [0.29, 0.717) is 6.54 Å². The molecular formula is C11H19NNa2O4. The fraction of sp³-hybridized carbons (Fsp3) is 0.455. The Bertz CT molecular complexity index is 197. The van der Waals surface area contributed by atoms with Crippen molar-refractivity contribution in [2.75, 3.05) is 20.6 Å². The minimum atomic E-state index is -1.59. The van der Waals surface area contributed by atoms with Gasteiger partial charge in [-0.15, -0.1) is 26.3 Å². The maximum Gasteiger partial charge on any atom is 1.00 e. The second kappa shape index (κ2) is 22.6. The number of nitrogens with zero attached hydrogens (tertiary/aromatic N) is 1. The monoisotopic (exact) mass is 275 g/mol. The zero-order valence-corrected chi connectivity index (χ0v) is 15.9. The van der Waals surface area contributed by atoms with Crippen LogP contribution in [0.25, 0.3) is 0 Å². The van der Waals surface area contributed by atoms with Crippen LogP contribution in [0.4, 0.5) is 0 Å². The van der Waals surface area contributed by atoms with Gasteiger partial charge in [-0.3, -0.25) is 0 Å². The second-order valence-corrected chi connectivity index (χ2v) is 2.78. The molecule has 18 heavy (non-hydrogen) atoms. The van der Waals surface area contributed by atoms with Crippen LogP contribution in [0.2, 0.25) is 0 Å². The van der Waals surface area contributed by atoms with Crippen LogP contribution in [-0.4, -0.2) is 37.5 Å². The molecule has 0 heterocycles. The molecule has 0 amide bonds. The summed E-state index contributed by atoms with van der Waals surface area (Å²) in [4.78, 5) is 22.1. The van der Waals surface area contributed by atoms with E-state index in [0.717, 1.165) is 0 Å². The van der Waals surface area contributed by atoms with Crippen molar-refractivity contribution in [2.24, 2.45) is 5.92 Å². The summed E-state index contributed by atoms with van der Waals surface area (Å²) in [6, 6.07) is 0. The number of rotatable bonds is 5. The van der Waals surface area contributed by atoms with Gasteiger partial charge in [0.15, 0.2) is 0 Å². The van der Waals surface area contributed by atoms with Crippen LogP contribution < -0.4 is 69.3 Å². The number of aliphatic carboxylic acids is 2. The third-order valence-electron chi connectivity index (χ3n) is 1.43. The van der Waals surface area contributed by atoms with Crippen LogP contribution in [0.1, 0.15) is 6.42 Å². The average Bonchev–Trinajstić information content (AvgIpc) is 2.22. The van der Waals surface area contributed by atoms with Gasteiger partial charge in [0.1, 0.15) is 0 Å². The van der Waals surface area contributed by atoms with Crippen LogP contribution >= 0.6 is 0 Å². The van der Waals surface area contributed by atoms with Crippen molar-refractivity contribution in [3.63, 3.8) is 0 Å². The van der Waals surface area contributed by atoms with Crippen molar-refractivity contribution in [3.05, 3.63) is 26.3 Å². The zero-order valence-electron chi connectivity index (χ0n) is 11.9. The van der Waals surface area contributed by atoms with Crippen LogP contribution in [0.3, 0.4) is 0 Å². The fourth-order valence-corrected chi connectivity index (χ4v) is 0.719. The van der Waals surface area contributed by atoms with Gasteiger partial charge in [-0.05, 0) is 27.1 Å². The molecule has 0 atom stereocenters. The largest absolute Gasteiger partial charge is 1.00 e. The predicted octanol–water partition coefficient (Wildman–Crippen LogP) is -7.33. The van der Waals surface area contributed by atoms with Gasteiger partial charge in [0, 0.05) is 5.92 Å². The Morgan fingerprint density at radius 3 is 1.44 bits per heavy atom. The van der Waals surface area contributed by atoms with E-state index in [1.54, 1.807) is 19.0 Å². The molecule has 0 bridgehead atoms. The molecule has 94 valence electrons. The van der Waals surface area contributed by atoms with Gasteiger partial charge in [-0.25, -0.2) is 0 Å². The van der Waals surface area contributed by atoms with Crippen LogP contribution in [0.5, 0.6) is 0 Å². The van der Waals surface area contributed by atoms with Crippen LogP contribution in [0, 0.1) is 5.92 Å². The van der Waals surface area contributed by atoms with E-state index < -0.39 is 17.9 Å². The number of carbonyl (C=O) groups is 2. The maximum absolute atomic E-state index is 10.2. The number of carboxylic acid groups (broad SMARTS) is 2. The van der Waals surface area contributed by atoms with Crippen molar-refractivity contribution in [1.82, 2.24) is 4.90 Å². The van der Waals surface area contributed by atoms with E-state index in [1.165, 1.54) is 0 Å². The van der Waals surface area contributed by atoms with E-state index in [4.69, 9.17) is 0 Å². The molecule has 0 aliphatic rings. The molecule has 0 N–H and O–H groups in total. The van der Waals surface area contributed by atoms with Gasteiger partial charge in [0.25, 0.3) is 0 Å². The molecule has 0 unspecified atom stereocenters. The summed E-state index contributed by atoms with van der Waals surface area (Å²) >= 11 is 0. The minimum absolute atomic E-state index is 0. The number of carboxylic acids is 2. The van der Waals surface area contributed by atoms with Gasteiger partial charge in [-0.1, -0.05) is 0 Å². The number of hydrogen-bond donors (Lipinski definition) is 0. The summed E-state index contributed by atoms with van der Waals surface area (Å²) in [7, 11) is 3.45. The summed E-state index contributed by atoms with van der Waals surface area (Å²) in [5.74, 6) is -4.68. The SMILES string of the molecule is C=C.C=C.CN(C)CCC(C(=O)[O-])C(=O)[O-].[Na+].[Na+]. The molecule has 5 nitrogen and oxygen atoms in total. The van der Waals surface area contributed by atoms with Crippen LogP contribution in [-0.2, 0) is 9.59 Å². The zero-order chi connectivity index (χ0) is 13.7. The molecule has 0 aromatic heterocycles. The molecule has 0 saturated carbocycles. The number of carbonyl (C=O) groups excluding carboxylic acids is 2. The summed E-state index contributed by atoms with van der Waals surface area (Å²) in [6.07, 6.45) is 0.0116.